The van der Waals surface area contributed by atoms with E-state index >= 15 is 0 Å². The van der Waals surface area contributed by atoms with E-state index < -0.39 is 0 Å². The smallest absolute Gasteiger partial charge is 0.224 e. The second-order valence-electron chi connectivity index (χ2n) is 7.32. The highest BCUT2D eigenvalue weighted by Gasteiger charge is 2.36. The van der Waals surface area contributed by atoms with Crippen LogP contribution in [0.2, 0.25) is 5.02 Å². The number of aryl methyl sites for hydroxylation is 1. The van der Waals surface area contributed by atoms with Crippen LogP contribution in [-0.4, -0.2) is 56.1 Å². The topological polar surface area (TPSA) is 54.3 Å². The molecule has 0 unspecified atom stereocenters. The van der Waals surface area contributed by atoms with Crippen molar-refractivity contribution in [3.05, 3.63) is 47.5 Å². The van der Waals surface area contributed by atoms with Crippen molar-refractivity contribution in [2.45, 2.75) is 38.4 Å². The quantitative estimate of drug-likeness (QED) is 0.807. The van der Waals surface area contributed by atoms with Crippen molar-refractivity contribution >= 4 is 17.5 Å². The van der Waals surface area contributed by atoms with E-state index in [0.29, 0.717) is 29.9 Å². The summed E-state index contributed by atoms with van der Waals surface area (Å²) >= 11 is 5.89. The molecule has 0 aliphatic carbocycles. The van der Waals surface area contributed by atoms with Gasteiger partial charge in [0.15, 0.2) is 0 Å². The van der Waals surface area contributed by atoms with Crippen molar-refractivity contribution in [2.75, 3.05) is 19.6 Å². The van der Waals surface area contributed by atoms with Gasteiger partial charge in [0.25, 0.3) is 0 Å². The Balaban J connectivity index is 1.37. The van der Waals surface area contributed by atoms with Gasteiger partial charge in [-0.25, -0.2) is 0 Å². The number of amides is 1. The standard InChI is InChI=1S/C19H24ClN5O/c20-16-9-22-25(12-16)8-6-19(26)24-11-15-4-5-18(14-24)23(10-15)13-17-3-1-2-7-21-17/h1-3,7,9,12,15,18H,4-6,8,10-11,13-14H2/t15-,18-/m0/s1. The number of hydrogen-bond acceptors (Lipinski definition) is 4. The second-order valence-corrected chi connectivity index (χ2v) is 7.75. The van der Waals surface area contributed by atoms with E-state index in [-0.39, 0.29) is 5.91 Å². The summed E-state index contributed by atoms with van der Waals surface area (Å²) < 4.78 is 1.74. The van der Waals surface area contributed by atoms with Gasteiger partial charge in [-0.2, -0.15) is 5.10 Å². The van der Waals surface area contributed by atoms with Gasteiger partial charge in [-0.3, -0.25) is 19.4 Å². The fourth-order valence-electron chi connectivity index (χ4n) is 4.11. The first-order chi connectivity index (χ1) is 12.7. The van der Waals surface area contributed by atoms with E-state index in [9.17, 15) is 4.79 Å². The number of halogens is 1. The van der Waals surface area contributed by atoms with Crippen LogP contribution in [0.4, 0.5) is 0 Å². The number of nitrogens with zero attached hydrogens (tertiary/aromatic N) is 5. The molecule has 2 aromatic heterocycles. The number of hydrogen-bond donors (Lipinski definition) is 0. The Bertz CT molecular complexity index is 749. The molecule has 6 nitrogen and oxygen atoms in total. The van der Waals surface area contributed by atoms with Gasteiger partial charge in [0.2, 0.25) is 5.91 Å². The molecule has 3 fully saturated rings. The molecule has 1 amide bonds. The summed E-state index contributed by atoms with van der Waals surface area (Å²) in [5.41, 5.74) is 1.11. The summed E-state index contributed by atoms with van der Waals surface area (Å²) in [6.45, 7) is 4.20. The van der Waals surface area contributed by atoms with E-state index in [1.807, 2.05) is 18.3 Å². The van der Waals surface area contributed by atoms with Crippen molar-refractivity contribution in [1.29, 1.82) is 0 Å². The average Bonchev–Trinajstić information content (AvgIpc) is 2.87. The highest BCUT2D eigenvalue weighted by atomic mass is 35.5. The molecule has 3 aliphatic rings. The third kappa shape index (κ3) is 4.07. The summed E-state index contributed by atoms with van der Waals surface area (Å²) in [4.78, 5) is 21.8. The number of carbonyl (C=O) groups is 1. The molecule has 0 saturated carbocycles. The normalized spacial score (nSPS) is 23.2. The molecule has 0 radical (unpaired) electrons. The van der Waals surface area contributed by atoms with Crippen LogP contribution in [0.1, 0.15) is 25.0 Å². The molecule has 3 aliphatic heterocycles. The van der Waals surface area contributed by atoms with Crippen LogP contribution in [0.3, 0.4) is 0 Å². The minimum Gasteiger partial charge on any atom is -0.341 e. The number of piperidine rings is 1. The Morgan fingerprint density at radius 3 is 2.92 bits per heavy atom. The first kappa shape index (κ1) is 17.5. The predicted molar refractivity (Wildman–Crippen MR) is 99.6 cm³/mol. The molecule has 0 spiro atoms. The van der Waals surface area contributed by atoms with Gasteiger partial charge in [-0.15, -0.1) is 0 Å². The predicted octanol–water partition coefficient (Wildman–Crippen LogP) is 2.44. The lowest BCUT2D eigenvalue weighted by Crippen LogP contribution is -2.44. The highest BCUT2D eigenvalue weighted by Crippen LogP contribution is 2.29. The summed E-state index contributed by atoms with van der Waals surface area (Å²) in [6.07, 6.45) is 8.06. The number of pyridine rings is 1. The van der Waals surface area contributed by atoms with Gasteiger partial charge in [-0.05, 0) is 30.9 Å². The highest BCUT2D eigenvalue weighted by molar-refractivity contribution is 6.30. The van der Waals surface area contributed by atoms with Crippen LogP contribution in [-0.2, 0) is 17.9 Å². The summed E-state index contributed by atoms with van der Waals surface area (Å²) in [5.74, 6) is 0.772. The molecule has 5 rings (SSSR count). The average molecular weight is 374 g/mol. The molecule has 0 N–H and O–H groups in total. The van der Waals surface area contributed by atoms with E-state index in [0.717, 1.165) is 38.3 Å². The maximum atomic E-state index is 12.7. The molecule has 26 heavy (non-hydrogen) atoms. The number of fused-ring (bicyclic) bond motifs is 4. The van der Waals surface area contributed by atoms with E-state index in [4.69, 9.17) is 11.6 Å². The van der Waals surface area contributed by atoms with Crippen molar-refractivity contribution < 1.29 is 4.79 Å². The molecule has 2 atom stereocenters. The molecular weight excluding hydrogens is 350 g/mol. The third-order valence-electron chi connectivity index (χ3n) is 5.43. The Hall–Kier alpha value is -1.92. The zero-order valence-corrected chi connectivity index (χ0v) is 15.6. The number of carbonyl (C=O) groups excluding carboxylic acids is 1. The molecule has 7 heteroatoms. The molecule has 5 heterocycles. The molecular formula is C19H24ClN5O. The van der Waals surface area contributed by atoms with Crippen molar-refractivity contribution in [3.8, 4) is 0 Å². The zero-order valence-electron chi connectivity index (χ0n) is 14.8. The van der Waals surface area contributed by atoms with Crippen molar-refractivity contribution in [3.63, 3.8) is 0 Å². The monoisotopic (exact) mass is 373 g/mol. The maximum absolute atomic E-state index is 12.7. The zero-order chi connectivity index (χ0) is 17.9. The van der Waals surface area contributed by atoms with Gasteiger partial charge in [0.1, 0.15) is 0 Å². The van der Waals surface area contributed by atoms with Crippen LogP contribution in [0.15, 0.2) is 36.8 Å². The lowest BCUT2D eigenvalue weighted by Gasteiger charge is -2.35. The molecule has 3 saturated heterocycles. The third-order valence-corrected chi connectivity index (χ3v) is 5.62. The molecule has 2 aromatic rings. The summed E-state index contributed by atoms with van der Waals surface area (Å²) in [6, 6.07) is 6.50. The fourth-order valence-corrected chi connectivity index (χ4v) is 4.26. The molecule has 2 bridgehead atoms. The van der Waals surface area contributed by atoms with Gasteiger partial charge in [0.05, 0.1) is 16.9 Å². The minimum atomic E-state index is 0.216. The van der Waals surface area contributed by atoms with Gasteiger partial charge in [0, 0.05) is 57.6 Å². The van der Waals surface area contributed by atoms with Crippen LogP contribution >= 0.6 is 11.6 Å². The van der Waals surface area contributed by atoms with E-state index in [2.05, 4.69) is 25.9 Å². The van der Waals surface area contributed by atoms with E-state index in [1.165, 1.54) is 6.42 Å². The van der Waals surface area contributed by atoms with Crippen molar-refractivity contribution in [2.24, 2.45) is 5.92 Å². The number of rotatable bonds is 5. The lowest BCUT2D eigenvalue weighted by molar-refractivity contribution is -0.131. The Labute approximate surface area is 158 Å². The Kier molecular flexibility index (Phi) is 5.22. The SMILES string of the molecule is O=C(CCn1cc(Cl)cn1)N1C[C@H]2CC[C@@H](C1)N(Cc1ccccn1)C2. The van der Waals surface area contributed by atoms with Crippen LogP contribution in [0.5, 0.6) is 0 Å². The number of aromatic nitrogens is 3. The molecule has 0 aromatic carbocycles. The van der Waals surface area contributed by atoms with Gasteiger partial charge in [-0.1, -0.05) is 17.7 Å². The van der Waals surface area contributed by atoms with Crippen LogP contribution in [0.25, 0.3) is 0 Å². The Morgan fingerprint density at radius 2 is 2.15 bits per heavy atom. The van der Waals surface area contributed by atoms with Gasteiger partial charge >= 0.3 is 0 Å². The summed E-state index contributed by atoms with van der Waals surface area (Å²) in [5, 5.41) is 4.76. The first-order valence-corrected chi connectivity index (χ1v) is 9.65. The van der Waals surface area contributed by atoms with Crippen molar-refractivity contribution in [1.82, 2.24) is 24.6 Å². The fraction of sp³-hybridized carbons (Fsp3) is 0.526. The van der Waals surface area contributed by atoms with Crippen LogP contribution in [0, 0.1) is 5.92 Å². The first-order valence-electron chi connectivity index (χ1n) is 9.27. The lowest BCUT2D eigenvalue weighted by atomic mass is 9.95. The molecule has 138 valence electrons. The Morgan fingerprint density at radius 1 is 1.23 bits per heavy atom. The largest absolute Gasteiger partial charge is 0.341 e. The second kappa shape index (κ2) is 7.76. The summed E-state index contributed by atoms with van der Waals surface area (Å²) in [7, 11) is 0. The van der Waals surface area contributed by atoms with E-state index in [1.54, 1.807) is 17.1 Å². The maximum Gasteiger partial charge on any atom is 0.224 e. The van der Waals surface area contributed by atoms with Gasteiger partial charge < -0.3 is 4.90 Å². The minimum absolute atomic E-state index is 0.216. The van der Waals surface area contributed by atoms with Crippen LogP contribution < -0.4 is 0 Å².